The topological polar surface area (TPSA) is 55.8 Å². The standard InChI is InChI=1S/C48H90O4/c1-3-5-7-9-11-13-15-17-19-21-22-23-24-25-26-27-29-31-33-35-37-39-41-43-48(50)52-47(45-49)46-51-44-42-40-38-36-34-32-30-28-20-18-16-14-12-10-8-6-4-2/h15,17,20-22,28,47,49H,3-14,16,18-19,23-27,29-46H2,1-2H3/b17-15-,22-21-,28-20-. The lowest BCUT2D eigenvalue weighted by atomic mass is 10.0. The molecule has 0 aliphatic rings. The Hall–Kier alpha value is -1.39. The highest BCUT2D eigenvalue weighted by Crippen LogP contribution is 2.14. The van der Waals surface area contributed by atoms with Crippen molar-refractivity contribution in [3.8, 4) is 0 Å². The van der Waals surface area contributed by atoms with Crippen LogP contribution in [0.3, 0.4) is 0 Å². The SMILES string of the molecule is CCCCCCC/C=C\C/C=C\CCCCCCCCCCCCCC(=O)OC(CO)COCCCCCCCC/C=C\CCCCCCCCC. The molecule has 0 bridgehead atoms. The Morgan fingerprint density at radius 3 is 1.21 bits per heavy atom. The Bertz CT molecular complexity index is 772. The fraction of sp³-hybridized carbons (Fsp3) is 0.854. The molecular formula is C48H90O4. The second kappa shape index (κ2) is 45.8. The average molecular weight is 731 g/mol. The smallest absolute Gasteiger partial charge is 0.306 e. The van der Waals surface area contributed by atoms with E-state index in [9.17, 15) is 9.90 Å². The summed E-state index contributed by atoms with van der Waals surface area (Å²) in [7, 11) is 0. The Balaban J connectivity index is 3.42. The fourth-order valence-electron chi connectivity index (χ4n) is 6.71. The van der Waals surface area contributed by atoms with Crippen LogP contribution in [-0.2, 0) is 14.3 Å². The summed E-state index contributed by atoms with van der Waals surface area (Å²) < 4.78 is 11.2. The molecule has 4 heteroatoms. The Morgan fingerprint density at radius 1 is 0.462 bits per heavy atom. The number of esters is 1. The van der Waals surface area contributed by atoms with Crippen molar-refractivity contribution in [3.63, 3.8) is 0 Å². The number of aliphatic hydroxyl groups excluding tert-OH is 1. The van der Waals surface area contributed by atoms with Gasteiger partial charge in [0, 0.05) is 13.0 Å². The van der Waals surface area contributed by atoms with Crippen LogP contribution in [0.4, 0.5) is 0 Å². The van der Waals surface area contributed by atoms with Crippen LogP contribution in [0.15, 0.2) is 36.5 Å². The molecule has 0 fully saturated rings. The summed E-state index contributed by atoms with van der Waals surface area (Å²) in [5.74, 6) is -0.203. The largest absolute Gasteiger partial charge is 0.457 e. The Kier molecular flexibility index (Phi) is 44.5. The number of carbonyl (C=O) groups is 1. The predicted molar refractivity (Wildman–Crippen MR) is 228 cm³/mol. The van der Waals surface area contributed by atoms with Gasteiger partial charge in [0.05, 0.1) is 13.2 Å². The second-order valence-corrected chi connectivity index (χ2v) is 15.5. The van der Waals surface area contributed by atoms with Crippen molar-refractivity contribution < 1.29 is 19.4 Å². The molecule has 0 aromatic carbocycles. The minimum absolute atomic E-state index is 0.173. The van der Waals surface area contributed by atoms with Crippen molar-refractivity contribution in [1.82, 2.24) is 0 Å². The summed E-state index contributed by atoms with van der Waals surface area (Å²) in [6.07, 6.45) is 57.8. The number of aliphatic hydroxyl groups is 1. The fourth-order valence-corrected chi connectivity index (χ4v) is 6.71. The number of unbranched alkanes of at least 4 members (excludes halogenated alkanes) is 29. The highest BCUT2D eigenvalue weighted by Gasteiger charge is 2.13. The quantitative estimate of drug-likeness (QED) is 0.0385. The molecule has 0 radical (unpaired) electrons. The van der Waals surface area contributed by atoms with E-state index in [0.717, 1.165) is 25.7 Å². The van der Waals surface area contributed by atoms with Gasteiger partial charge in [0.2, 0.25) is 0 Å². The molecule has 0 saturated carbocycles. The molecule has 0 aromatic rings. The van der Waals surface area contributed by atoms with Crippen molar-refractivity contribution in [2.24, 2.45) is 0 Å². The maximum atomic E-state index is 12.2. The number of hydrogen-bond donors (Lipinski definition) is 1. The maximum Gasteiger partial charge on any atom is 0.306 e. The van der Waals surface area contributed by atoms with Gasteiger partial charge in [-0.2, -0.15) is 0 Å². The highest BCUT2D eigenvalue weighted by atomic mass is 16.6. The zero-order chi connectivity index (χ0) is 37.7. The van der Waals surface area contributed by atoms with Crippen LogP contribution in [-0.4, -0.2) is 37.0 Å². The van der Waals surface area contributed by atoms with E-state index in [-0.39, 0.29) is 12.6 Å². The molecule has 52 heavy (non-hydrogen) atoms. The lowest BCUT2D eigenvalue weighted by Crippen LogP contribution is -2.27. The molecule has 0 saturated heterocycles. The predicted octanol–water partition coefficient (Wildman–Crippen LogP) is 15.3. The van der Waals surface area contributed by atoms with Crippen molar-refractivity contribution in [3.05, 3.63) is 36.5 Å². The van der Waals surface area contributed by atoms with Crippen molar-refractivity contribution in [2.45, 2.75) is 245 Å². The molecular weight excluding hydrogens is 641 g/mol. The van der Waals surface area contributed by atoms with E-state index in [1.54, 1.807) is 0 Å². The first-order chi connectivity index (χ1) is 25.7. The van der Waals surface area contributed by atoms with Gasteiger partial charge in [0.15, 0.2) is 0 Å². The minimum Gasteiger partial charge on any atom is -0.457 e. The number of hydrogen-bond acceptors (Lipinski definition) is 4. The van der Waals surface area contributed by atoms with Crippen molar-refractivity contribution >= 4 is 5.97 Å². The summed E-state index contributed by atoms with van der Waals surface area (Å²) in [6.45, 7) is 5.34. The van der Waals surface area contributed by atoms with E-state index in [1.165, 1.54) is 193 Å². The van der Waals surface area contributed by atoms with Gasteiger partial charge in [0.25, 0.3) is 0 Å². The first kappa shape index (κ1) is 50.6. The van der Waals surface area contributed by atoms with Gasteiger partial charge in [-0.1, -0.05) is 198 Å². The maximum absolute atomic E-state index is 12.2. The van der Waals surface area contributed by atoms with Gasteiger partial charge in [-0.05, 0) is 70.6 Å². The van der Waals surface area contributed by atoms with E-state index in [1.807, 2.05) is 0 Å². The first-order valence-corrected chi connectivity index (χ1v) is 23.1. The number of ether oxygens (including phenoxy) is 2. The number of carbonyl (C=O) groups excluding carboxylic acids is 1. The monoisotopic (exact) mass is 731 g/mol. The van der Waals surface area contributed by atoms with Crippen LogP contribution in [0.25, 0.3) is 0 Å². The Morgan fingerprint density at radius 2 is 0.808 bits per heavy atom. The Labute approximate surface area is 325 Å². The zero-order valence-electron chi connectivity index (χ0n) is 35.1. The molecule has 0 amide bonds. The van der Waals surface area contributed by atoms with Crippen LogP contribution < -0.4 is 0 Å². The molecule has 1 atom stereocenters. The average Bonchev–Trinajstić information content (AvgIpc) is 3.15. The summed E-state index contributed by atoms with van der Waals surface area (Å²) in [6, 6.07) is 0. The van der Waals surface area contributed by atoms with Crippen LogP contribution in [0.2, 0.25) is 0 Å². The molecule has 0 aromatic heterocycles. The van der Waals surface area contributed by atoms with Crippen LogP contribution in [0.5, 0.6) is 0 Å². The summed E-state index contributed by atoms with van der Waals surface area (Å²) in [4.78, 5) is 12.2. The van der Waals surface area contributed by atoms with Gasteiger partial charge >= 0.3 is 5.97 Å². The molecule has 0 rings (SSSR count). The first-order valence-electron chi connectivity index (χ1n) is 23.1. The second-order valence-electron chi connectivity index (χ2n) is 15.5. The molecule has 0 heterocycles. The third-order valence-corrected chi connectivity index (χ3v) is 10.2. The van der Waals surface area contributed by atoms with E-state index >= 15 is 0 Å². The highest BCUT2D eigenvalue weighted by molar-refractivity contribution is 5.69. The van der Waals surface area contributed by atoms with Crippen LogP contribution >= 0.6 is 0 Å². The summed E-state index contributed by atoms with van der Waals surface area (Å²) in [5, 5.41) is 9.62. The normalized spacial score (nSPS) is 12.6. The summed E-state index contributed by atoms with van der Waals surface area (Å²) in [5.41, 5.74) is 0. The molecule has 0 aliphatic heterocycles. The molecule has 1 N–H and O–H groups in total. The van der Waals surface area contributed by atoms with Gasteiger partial charge in [0.1, 0.15) is 6.10 Å². The van der Waals surface area contributed by atoms with Gasteiger partial charge in [-0.3, -0.25) is 4.79 Å². The van der Waals surface area contributed by atoms with Crippen LogP contribution in [0, 0.1) is 0 Å². The van der Waals surface area contributed by atoms with Crippen LogP contribution in [0.1, 0.15) is 239 Å². The number of allylic oxidation sites excluding steroid dienone is 6. The molecule has 306 valence electrons. The van der Waals surface area contributed by atoms with Crippen molar-refractivity contribution in [1.29, 1.82) is 0 Å². The molecule has 0 aliphatic carbocycles. The van der Waals surface area contributed by atoms with E-state index in [4.69, 9.17) is 9.47 Å². The third kappa shape index (κ3) is 43.0. The van der Waals surface area contributed by atoms with Gasteiger partial charge < -0.3 is 14.6 Å². The number of rotatable bonds is 43. The lowest BCUT2D eigenvalue weighted by Gasteiger charge is -2.15. The van der Waals surface area contributed by atoms with E-state index in [2.05, 4.69) is 50.3 Å². The van der Waals surface area contributed by atoms with Gasteiger partial charge in [-0.15, -0.1) is 0 Å². The minimum atomic E-state index is -0.537. The molecule has 0 spiro atoms. The van der Waals surface area contributed by atoms with E-state index < -0.39 is 6.10 Å². The van der Waals surface area contributed by atoms with Crippen molar-refractivity contribution in [2.75, 3.05) is 19.8 Å². The molecule has 1 unspecified atom stereocenters. The zero-order valence-corrected chi connectivity index (χ0v) is 35.1. The third-order valence-electron chi connectivity index (χ3n) is 10.2. The summed E-state index contributed by atoms with van der Waals surface area (Å²) >= 11 is 0. The molecule has 4 nitrogen and oxygen atoms in total. The lowest BCUT2D eigenvalue weighted by molar-refractivity contribution is -0.154. The van der Waals surface area contributed by atoms with E-state index in [0.29, 0.717) is 19.6 Å². The van der Waals surface area contributed by atoms with Gasteiger partial charge in [-0.25, -0.2) is 0 Å².